The Bertz CT molecular complexity index is 492. The van der Waals surface area contributed by atoms with Crippen LogP contribution in [-0.4, -0.2) is 0 Å². The first-order valence-electron chi connectivity index (χ1n) is 5.20. The van der Waals surface area contributed by atoms with Crippen LogP contribution in [0.5, 0.6) is 0 Å². The van der Waals surface area contributed by atoms with Crippen molar-refractivity contribution in [3.8, 4) is 6.07 Å². The third-order valence-electron chi connectivity index (χ3n) is 2.12. The molecule has 2 aromatic carbocycles. The predicted octanol–water partition coefficient (Wildman–Crippen LogP) is 4.05. The monoisotopic (exact) mass is 197 g/mol. The van der Waals surface area contributed by atoms with E-state index in [2.05, 4.69) is 31.2 Å². The van der Waals surface area contributed by atoms with Crippen LogP contribution in [0.15, 0.2) is 36.4 Å². The molecule has 0 saturated carbocycles. The van der Waals surface area contributed by atoms with Gasteiger partial charge in [0.25, 0.3) is 0 Å². The Labute approximate surface area is 91.0 Å². The third-order valence-corrected chi connectivity index (χ3v) is 2.12. The number of nitrogens with zero attached hydrogens (tertiary/aromatic N) is 1. The summed E-state index contributed by atoms with van der Waals surface area (Å²) in [6.07, 6.45) is 0. The molecule has 0 aromatic heterocycles. The maximum atomic E-state index is 8.72. The standard InChI is InChI=1S/C12H9N.C2H6/c1-9-2-4-11-5-3-10(8-13)7-12(11)6-9;1-2/h2-7H,1H3;1-2H3. The summed E-state index contributed by atoms with van der Waals surface area (Å²) in [4.78, 5) is 0. The molecular weight excluding hydrogens is 182 g/mol. The van der Waals surface area contributed by atoms with Gasteiger partial charge < -0.3 is 0 Å². The van der Waals surface area contributed by atoms with Gasteiger partial charge in [0.15, 0.2) is 0 Å². The van der Waals surface area contributed by atoms with Crippen molar-refractivity contribution < 1.29 is 0 Å². The van der Waals surface area contributed by atoms with Crippen LogP contribution >= 0.6 is 0 Å². The van der Waals surface area contributed by atoms with E-state index in [1.165, 1.54) is 10.9 Å². The van der Waals surface area contributed by atoms with Crippen LogP contribution in [0.3, 0.4) is 0 Å². The van der Waals surface area contributed by atoms with Gasteiger partial charge in [-0.15, -0.1) is 0 Å². The van der Waals surface area contributed by atoms with Gasteiger partial charge in [-0.1, -0.05) is 43.7 Å². The van der Waals surface area contributed by atoms with Gasteiger partial charge in [0, 0.05) is 0 Å². The van der Waals surface area contributed by atoms with Crippen LogP contribution in [0.25, 0.3) is 10.8 Å². The molecule has 2 aromatic rings. The van der Waals surface area contributed by atoms with Crippen LogP contribution in [0.1, 0.15) is 25.0 Å². The van der Waals surface area contributed by atoms with Crippen LogP contribution in [0.4, 0.5) is 0 Å². The Balaban J connectivity index is 0.000000531. The number of rotatable bonds is 0. The lowest BCUT2D eigenvalue weighted by Crippen LogP contribution is -1.77. The van der Waals surface area contributed by atoms with E-state index in [0.29, 0.717) is 0 Å². The highest BCUT2D eigenvalue weighted by Gasteiger charge is 1.95. The fraction of sp³-hybridized carbons (Fsp3) is 0.214. The summed E-state index contributed by atoms with van der Waals surface area (Å²) in [6.45, 7) is 6.05. The average molecular weight is 197 g/mol. The zero-order valence-electron chi connectivity index (χ0n) is 9.41. The van der Waals surface area contributed by atoms with Crippen molar-refractivity contribution in [1.29, 1.82) is 5.26 Å². The van der Waals surface area contributed by atoms with Gasteiger partial charge >= 0.3 is 0 Å². The summed E-state index contributed by atoms with van der Waals surface area (Å²) in [5, 5.41) is 11.0. The highest BCUT2D eigenvalue weighted by atomic mass is 14.2. The van der Waals surface area contributed by atoms with Crippen LogP contribution in [0.2, 0.25) is 0 Å². The van der Waals surface area contributed by atoms with E-state index in [1.807, 2.05) is 32.0 Å². The Morgan fingerprint density at radius 3 is 2.27 bits per heavy atom. The van der Waals surface area contributed by atoms with Crippen molar-refractivity contribution >= 4 is 10.8 Å². The van der Waals surface area contributed by atoms with Gasteiger partial charge in [-0.25, -0.2) is 0 Å². The molecule has 0 N–H and O–H groups in total. The van der Waals surface area contributed by atoms with Crippen molar-refractivity contribution in [2.45, 2.75) is 20.8 Å². The lowest BCUT2D eigenvalue weighted by molar-refractivity contribution is 1.48. The molecule has 76 valence electrons. The lowest BCUT2D eigenvalue weighted by atomic mass is 10.1. The lowest BCUT2D eigenvalue weighted by Gasteiger charge is -1.98. The van der Waals surface area contributed by atoms with Gasteiger partial charge in [-0.05, 0) is 29.8 Å². The van der Waals surface area contributed by atoms with E-state index in [9.17, 15) is 0 Å². The first-order valence-corrected chi connectivity index (χ1v) is 5.20. The quantitative estimate of drug-likeness (QED) is 0.625. The number of hydrogen-bond donors (Lipinski definition) is 0. The minimum Gasteiger partial charge on any atom is -0.192 e. The first kappa shape index (κ1) is 11.3. The molecule has 15 heavy (non-hydrogen) atoms. The second-order valence-corrected chi connectivity index (χ2v) is 3.18. The maximum Gasteiger partial charge on any atom is 0.0991 e. The summed E-state index contributed by atoms with van der Waals surface area (Å²) in [6, 6.07) is 14.1. The Morgan fingerprint density at radius 1 is 0.933 bits per heavy atom. The Morgan fingerprint density at radius 2 is 1.60 bits per heavy atom. The van der Waals surface area contributed by atoms with Crippen molar-refractivity contribution in [2.75, 3.05) is 0 Å². The largest absolute Gasteiger partial charge is 0.192 e. The van der Waals surface area contributed by atoms with Gasteiger partial charge in [-0.2, -0.15) is 5.26 Å². The normalized spacial score (nSPS) is 8.93. The zero-order valence-corrected chi connectivity index (χ0v) is 9.41. The molecule has 0 spiro atoms. The SMILES string of the molecule is CC.Cc1ccc2ccc(C#N)cc2c1. The minimum absolute atomic E-state index is 0.720. The molecule has 0 amide bonds. The molecule has 0 aliphatic carbocycles. The average Bonchev–Trinajstić information content (AvgIpc) is 2.30. The van der Waals surface area contributed by atoms with E-state index in [1.54, 1.807) is 0 Å². The molecule has 0 aliphatic heterocycles. The molecule has 2 rings (SSSR count). The summed E-state index contributed by atoms with van der Waals surface area (Å²) in [5.74, 6) is 0. The second kappa shape index (κ2) is 5.17. The molecule has 0 bridgehead atoms. The fourth-order valence-corrected chi connectivity index (χ4v) is 1.44. The predicted molar refractivity (Wildman–Crippen MR) is 64.7 cm³/mol. The van der Waals surface area contributed by atoms with Crippen molar-refractivity contribution in [3.63, 3.8) is 0 Å². The number of fused-ring (bicyclic) bond motifs is 1. The number of aryl methyl sites for hydroxylation is 1. The van der Waals surface area contributed by atoms with Crippen LogP contribution < -0.4 is 0 Å². The van der Waals surface area contributed by atoms with E-state index in [4.69, 9.17) is 5.26 Å². The second-order valence-electron chi connectivity index (χ2n) is 3.18. The highest BCUT2D eigenvalue weighted by Crippen LogP contribution is 2.16. The molecule has 0 unspecified atom stereocenters. The maximum absolute atomic E-state index is 8.72. The van der Waals surface area contributed by atoms with Crippen LogP contribution in [-0.2, 0) is 0 Å². The zero-order chi connectivity index (χ0) is 11.3. The van der Waals surface area contributed by atoms with Crippen LogP contribution in [0, 0.1) is 18.3 Å². The van der Waals surface area contributed by atoms with Gasteiger partial charge in [0.2, 0.25) is 0 Å². The van der Waals surface area contributed by atoms with Crippen molar-refractivity contribution in [1.82, 2.24) is 0 Å². The minimum atomic E-state index is 0.720. The third kappa shape index (κ3) is 2.57. The molecule has 0 heterocycles. The molecule has 1 heteroatoms. The van der Waals surface area contributed by atoms with Crippen molar-refractivity contribution in [3.05, 3.63) is 47.5 Å². The number of nitriles is 1. The summed E-state index contributed by atoms with van der Waals surface area (Å²) in [7, 11) is 0. The highest BCUT2D eigenvalue weighted by molar-refractivity contribution is 5.84. The topological polar surface area (TPSA) is 23.8 Å². The fourth-order valence-electron chi connectivity index (χ4n) is 1.44. The van der Waals surface area contributed by atoms with E-state index in [0.717, 1.165) is 10.9 Å². The molecule has 0 radical (unpaired) electrons. The molecule has 0 saturated heterocycles. The number of benzene rings is 2. The molecule has 0 atom stereocenters. The van der Waals surface area contributed by atoms with E-state index in [-0.39, 0.29) is 0 Å². The Hall–Kier alpha value is -1.81. The molecule has 0 aliphatic rings. The van der Waals surface area contributed by atoms with E-state index < -0.39 is 0 Å². The first-order chi connectivity index (χ1) is 7.29. The van der Waals surface area contributed by atoms with Gasteiger partial charge in [0.1, 0.15) is 0 Å². The van der Waals surface area contributed by atoms with Gasteiger partial charge in [0.05, 0.1) is 11.6 Å². The Kier molecular flexibility index (Phi) is 3.88. The van der Waals surface area contributed by atoms with Gasteiger partial charge in [-0.3, -0.25) is 0 Å². The molecule has 0 fully saturated rings. The summed E-state index contributed by atoms with van der Waals surface area (Å²) >= 11 is 0. The molecular formula is C14H15N. The smallest absolute Gasteiger partial charge is 0.0991 e. The van der Waals surface area contributed by atoms with Crippen molar-refractivity contribution in [2.24, 2.45) is 0 Å². The van der Waals surface area contributed by atoms with E-state index >= 15 is 0 Å². The summed E-state index contributed by atoms with van der Waals surface area (Å²) < 4.78 is 0. The number of hydrogen-bond acceptors (Lipinski definition) is 1. The molecule has 1 nitrogen and oxygen atoms in total. The summed E-state index contributed by atoms with van der Waals surface area (Å²) in [5.41, 5.74) is 1.95.